The summed E-state index contributed by atoms with van der Waals surface area (Å²) in [6, 6.07) is 10.1. The highest BCUT2D eigenvalue weighted by Crippen LogP contribution is 2.27. The first-order chi connectivity index (χ1) is 16.1. The molecule has 11 heteroatoms. The minimum Gasteiger partial charge on any atom is -0.344 e. The fourth-order valence-corrected chi connectivity index (χ4v) is 5.37. The molecule has 0 saturated carbocycles. The van der Waals surface area contributed by atoms with Gasteiger partial charge in [-0.15, -0.1) is 16.4 Å². The van der Waals surface area contributed by atoms with Crippen LogP contribution in [-0.4, -0.2) is 58.1 Å². The molecule has 3 aromatic heterocycles. The third-order valence-corrected chi connectivity index (χ3v) is 7.32. The number of amides is 1. The Labute approximate surface area is 197 Å². The SMILES string of the molecule is N#Cc1ccsc1NC(=O)CCN1CCN(c2nn3cc(-c4ccc(F)cc4)nc3s2)CC1. The van der Waals surface area contributed by atoms with E-state index in [1.165, 1.54) is 34.8 Å². The van der Waals surface area contributed by atoms with E-state index in [0.717, 1.165) is 47.5 Å². The highest BCUT2D eigenvalue weighted by Gasteiger charge is 2.21. The molecule has 0 aliphatic carbocycles. The van der Waals surface area contributed by atoms with Gasteiger partial charge in [-0.1, -0.05) is 11.3 Å². The van der Waals surface area contributed by atoms with Crippen molar-refractivity contribution in [3.05, 3.63) is 53.3 Å². The average Bonchev–Trinajstić information content (AvgIpc) is 3.53. The van der Waals surface area contributed by atoms with Crippen molar-refractivity contribution in [2.24, 2.45) is 0 Å². The lowest BCUT2D eigenvalue weighted by atomic mass is 10.2. The second kappa shape index (κ2) is 9.27. The molecule has 1 N–H and O–H groups in total. The number of benzene rings is 1. The first kappa shape index (κ1) is 21.5. The summed E-state index contributed by atoms with van der Waals surface area (Å²) in [6.45, 7) is 4.02. The summed E-state index contributed by atoms with van der Waals surface area (Å²) in [6.07, 6.45) is 2.25. The number of fused-ring (bicyclic) bond motifs is 1. The van der Waals surface area contributed by atoms with Crippen molar-refractivity contribution in [1.82, 2.24) is 19.5 Å². The minimum absolute atomic E-state index is 0.0746. The van der Waals surface area contributed by atoms with Gasteiger partial charge in [0.15, 0.2) is 0 Å². The number of anilines is 2. The van der Waals surface area contributed by atoms with E-state index in [-0.39, 0.29) is 11.7 Å². The summed E-state index contributed by atoms with van der Waals surface area (Å²) in [5.41, 5.74) is 2.13. The number of imidazole rings is 1. The van der Waals surface area contributed by atoms with E-state index < -0.39 is 0 Å². The summed E-state index contributed by atoms with van der Waals surface area (Å²) in [4.78, 5) is 22.2. The molecule has 1 aliphatic heterocycles. The molecule has 1 amide bonds. The maximum Gasteiger partial charge on any atom is 0.226 e. The van der Waals surface area contributed by atoms with Crippen LogP contribution in [0.1, 0.15) is 12.0 Å². The molecule has 4 aromatic rings. The van der Waals surface area contributed by atoms with Gasteiger partial charge in [-0.25, -0.2) is 13.9 Å². The van der Waals surface area contributed by atoms with Crippen LogP contribution in [0.15, 0.2) is 41.9 Å². The lowest BCUT2D eigenvalue weighted by Crippen LogP contribution is -2.47. The highest BCUT2D eigenvalue weighted by atomic mass is 32.1. The van der Waals surface area contributed by atoms with Gasteiger partial charge in [0.2, 0.25) is 16.0 Å². The van der Waals surface area contributed by atoms with Crippen LogP contribution in [0, 0.1) is 17.1 Å². The first-order valence-corrected chi connectivity index (χ1v) is 12.2. The lowest BCUT2D eigenvalue weighted by Gasteiger charge is -2.34. The maximum absolute atomic E-state index is 13.2. The lowest BCUT2D eigenvalue weighted by molar-refractivity contribution is -0.116. The van der Waals surface area contributed by atoms with Gasteiger partial charge in [0.1, 0.15) is 16.9 Å². The molecule has 1 aromatic carbocycles. The van der Waals surface area contributed by atoms with E-state index >= 15 is 0 Å². The van der Waals surface area contributed by atoms with Crippen molar-refractivity contribution in [2.75, 3.05) is 42.9 Å². The molecule has 1 saturated heterocycles. The Morgan fingerprint density at radius 3 is 2.70 bits per heavy atom. The summed E-state index contributed by atoms with van der Waals surface area (Å²) in [5, 5.41) is 19.9. The third kappa shape index (κ3) is 4.73. The summed E-state index contributed by atoms with van der Waals surface area (Å²) < 4.78 is 14.9. The van der Waals surface area contributed by atoms with E-state index in [1.54, 1.807) is 28.1 Å². The van der Waals surface area contributed by atoms with Crippen molar-refractivity contribution in [3.8, 4) is 17.3 Å². The van der Waals surface area contributed by atoms with Gasteiger partial charge >= 0.3 is 0 Å². The van der Waals surface area contributed by atoms with Gasteiger partial charge in [0.05, 0.1) is 17.5 Å². The van der Waals surface area contributed by atoms with Crippen LogP contribution in [0.5, 0.6) is 0 Å². The Bertz CT molecular complexity index is 1280. The number of rotatable bonds is 6. The van der Waals surface area contributed by atoms with Gasteiger partial charge in [0.25, 0.3) is 0 Å². The summed E-state index contributed by atoms with van der Waals surface area (Å²) in [7, 11) is 0. The van der Waals surface area contributed by atoms with Crippen molar-refractivity contribution in [2.45, 2.75) is 6.42 Å². The number of nitriles is 1. The second-order valence-corrected chi connectivity index (χ2v) is 9.50. The van der Waals surface area contributed by atoms with Crippen LogP contribution < -0.4 is 10.2 Å². The van der Waals surface area contributed by atoms with Gasteiger partial charge < -0.3 is 10.2 Å². The van der Waals surface area contributed by atoms with Crippen LogP contribution in [-0.2, 0) is 4.79 Å². The predicted molar refractivity (Wildman–Crippen MR) is 127 cm³/mol. The normalized spacial score (nSPS) is 14.5. The standard InChI is InChI=1S/C22H20FN7OS2/c23-17-3-1-15(2-4-17)18-14-30-21(25-18)33-22(27-30)29-10-8-28(9-11-29)7-5-19(31)26-20-16(13-24)6-12-32-20/h1-4,6,12,14H,5,7-11H2,(H,26,31). The van der Waals surface area contributed by atoms with Crippen molar-refractivity contribution >= 4 is 43.7 Å². The largest absolute Gasteiger partial charge is 0.344 e. The van der Waals surface area contributed by atoms with Crippen LogP contribution in [0.3, 0.4) is 0 Å². The number of thiophene rings is 1. The quantitative estimate of drug-likeness (QED) is 0.452. The number of nitrogens with zero attached hydrogens (tertiary/aromatic N) is 6. The number of halogens is 1. The van der Waals surface area contributed by atoms with E-state index in [4.69, 9.17) is 5.26 Å². The molecule has 0 spiro atoms. The molecule has 0 radical (unpaired) electrons. The van der Waals surface area contributed by atoms with Crippen LogP contribution in [0.25, 0.3) is 16.2 Å². The van der Waals surface area contributed by atoms with Crippen LogP contribution in [0.2, 0.25) is 0 Å². The smallest absolute Gasteiger partial charge is 0.226 e. The fraction of sp³-hybridized carbons (Fsp3) is 0.273. The molecule has 0 bridgehead atoms. The van der Waals surface area contributed by atoms with Gasteiger partial charge in [-0.3, -0.25) is 9.69 Å². The van der Waals surface area contributed by atoms with Crippen LogP contribution >= 0.6 is 22.7 Å². The monoisotopic (exact) mass is 481 g/mol. The van der Waals surface area contributed by atoms with Gasteiger partial charge in [-0.05, 0) is 35.7 Å². The number of aromatic nitrogens is 3. The topological polar surface area (TPSA) is 89.6 Å². The zero-order valence-corrected chi connectivity index (χ0v) is 19.2. The molecule has 1 fully saturated rings. The van der Waals surface area contributed by atoms with Crippen molar-refractivity contribution in [1.29, 1.82) is 5.26 Å². The Kier molecular flexibility index (Phi) is 6.04. The molecule has 33 heavy (non-hydrogen) atoms. The molecule has 4 heterocycles. The zero-order valence-electron chi connectivity index (χ0n) is 17.6. The molecule has 5 rings (SSSR count). The van der Waals surface area contributed by atoms with Crippen molar-refractivity contribution < 1.29 is 9.18 Å². The van der Waals surface area contributed by atoms with Gasteiger partial charge in [-0.2, -0.15) is 5.26 Å². The number of hydrogen-bond acceptors (Lipinski definition) is 8. The fourth-order valence-electron chi connectivity index (χ4n) is 3.68. The Morgan fingerprint density at radius 2 is 1.97 bits per heavy atom. The molecule has 1 aliphatic rings. The molecular weight excluding hydrogens is 461 g/mol. The second-order valence-electron chi connectivity index (χ2n) is 7.65. The molecule has 0 atom stereocenters. The molecule has 8 nitrogen and oxygen atoms in total. The number of piperazine rings is 1. The molecule has 0 unspecified atom stereocenters. The number of hydrogen-bond donors (Lipinski definition) is 1. The van der Waals surface area contributed by atoms with E-state index in [9.17, 15) is 9.18 Å². The summed E-state index contributed by atoms with van der Waals surface area (Å²) in [5.74, 6) is -0.343. The highest BCUT2D eigenvalue weighted by molar-refractivity contribution is 7.20. The number of nitrogens with one attached hydrogen (secondary N) is 1. The van der Waals surface area contributed by atoms with Crippen LogP contribution in [0.4, 0.5) is 14.5 Å². The van der Waals surface area contributed by atoms with E-state index in [2.05, 4.69) is 31.3 Å². The van der Waals surface area contributed by atoms with Crippen molar-refractivity contribution in [3.63, 3.8) is 0 Å². The molecule has 168 valence electrons. The Balaban J connectivity index is 1.13. The zero-order chi connectivity index (χ0) is 22.8. The average molecular weight is 482 g/mol. The summed E-state index contributed by atoms with van der Waals surface area (Å²) >= 11 is 2.89. The van der Waals surface area contributed by atoms with Gasteiger partial charge in [0, 0.05) is 44.7 Å². The van der Waals surface area contributed by atoms with E-state index in [0.29, 0.717) is 23.5 Å². The predicted octanol–water partition coefficient (Wildman–Crippen LogP) is 3.68. The molecular formula is C22H20FN7OS2. The Morgan fingerprint density at radius 1 is 1.18 bits per heavy atom. The first-order valence-electron chi connectivity index (χ1n) is 10.5. The minimum atomic E-state index is -0.268. The number of carbonyl (C=O) groups excluding carboxylic acids is 1. The third-order valence-electron chi connectivity index (χ3n) is 5.51. The number of carbonyl (C=O) groups is 1. The van der Waals surface area contributed by atoms with E-state index in [1.807, 2.05) is 6.20 Å². The Hall–Kier alpha value is -3.33. The maximum atomic E-state index is 13.2.